The Morgan fingerprint density at radius 1 is 1.23 bits per heavy atom. The van der Waals surface area contributed by atoms with Gasteiger partial charge >= 0.3 is 5.97 Å². The standard InChI is InChI=1S/C16H17N3O3/c1-2-11-21-13-8-6-12(7-9-13)16(20)22-19-15(17)14-5-3-4-10-18-14/h3-10H,2,11H2,1H3,(H2,17,19). The number of ether oxygens (including phenoxy) is 1. The molecule has 0 bridgehead atoms. The summed E-state index contributed by atoms with van der Waals surface area (Å²) in [5, 5.41) is 3.59. The summed E-state index contributed by atoms with van der Waals surface area (Å²) in [7, 11) is 0. The number of hydrogen-bond donors (Lipinski definition) is 1. The third-order valence-electron chi connectivity index (χ3n) is 2.72. The fraction of sp³-hybridized carbons (Fsp3) is 0.188. The maximum Gasteiger partial charge on any atom is 0.365 e. The minimum atomic E-state index is -0.596. The van der Waals surface area contributed by atoms with Gasteiger partial charge in [0.15, 0.2) is 5.84 Å². The number of aromatic nitrogens is 1. The number of carbonyl (C=O) groups is 1. The minimum Gasteiger partial charge on any atom is -0.494 e. The van der Waals surface area contributed by atoms with E-state index in [0.717, 1.165) is 6.42 Å². The van der Waals surface area contributed by atoms with E-state index in [-0.39, 0.29) is 5.84 Å². The molecule has 0 atom stereocenters. The highest BCUT2D eigenvalue weighted by Crippen LogP contribution is 2.13. The Labute approximate surface area is 128 Å². The molecule has 114 valence electrons. The molecule has 0 saturated carbocycles. The summed E-state index contributed by atoms with van der Waals surface area (Å²) in [5.74, 6) is 0.146. The predicted molar refractivity (Wildman–Crippen MR) is 82.6 cm³/mol. The van der Waals surface area contributed by atoms with Crippen LogP contribution < -0.4 is 10.5 Å². The second-order valence-corrected chi connectivity index (χ2v) is 4.44. The zero-order valence-corrected chi connectivity index (χ0v) is 12.2. The van der Waals surface area contributed by atoms with Crippen molar-refractivity contribution in [1.82, 2.24) is 4.98 Å². The number of carbonyl (C=O) groups excluding carboxylic acids is 1. The van der Waals surface area contributed by atoms with Crippen LogP contribution in [0.25, 0.3) is 0 Å². The topological polar surface area (TPSA) is 86.8 Å². The first-order chi connectivity index (χ1) is 10.7. The van der Waals surface area contributed by atoms with Crippen LogP contribution in [-0.4, -0.2) is 23.4 Å². The highest BCUT2D eigenvalue weighted by atomic mass is 16.7. The Morgan fingerprint density at radius 3 is 2.64 bits per heavy atom. The smallest absolute Gasteiger partial charge is 0.365 e. The molecule has 1 aromatic heterocycles. The summed E-state index contributed by atoms with van der Waals surface area (Å²) in [6, 6.07) is 11.8. The van der Waals surface area contributed by atoms with E-state index in [1.807, 2.05) is 6.92 Å². The summed E-state index contributed by atoms with van der Waals surface area (Å²) in [5.41, 5.74) is 6.50. The fourth-order valence-corrected chi connectivity index (χ4v) is 1.61. The van der Waals surface area contributed by atoms with Crippen LogP contribution in [0.4, 0.5) is 0 Å². The number of pyridine rings is 1. The van der Waals surface area contributed by atoms with Gasteiger partial charge in [-0.15, -0.1) is 0 Å². The first kappa shape index (κ1) is 15.5. The second-order valence-electron chi connectivity index (χ2n) is 4.44. The second kappa shape index (κ2) is 7.78. The van der Waals surface area contributed by atoms with Crippen LogP contribution in [0.5, 0.6) is 5.75 Å². The number of hydrogen-bond acceptors (Lipinski definition) is 5. The minimum absolute atomic E-state index is 0.0387. The van der Waals surface area contributed by atoms with Crippen molar-refractivity contribution in [3.05, 3.63) is 59.9 Å². The Bertz CT molecular complexity index is 639. The average molecular weight is 299 g/mol. The monoisotopic (exact) mass is 299 g/mol. The van der Waals surface area contributed by atoms with Crippen LogP contribution in [-0.2, 0) is 4.84 Å². The molecule has 0 fully saturated rings. The Morgan fingerprint density at radius 2 is 2.00 bits per heavy atom. The number of amidine groups is 1. The maximum atomic E-state index is 11.9. The number of nitrogens with two attached hydrogens (primary N) is 1. The van der Waals surface area contributed by atoms with Crippen molar-refractivity contribution >= 4 is 11.8 Å². The number of rotatable bonds is 6. The molecular weight excluding hydrogens is 282 g/mol. The third-order valence-corrected chi connectivity index (χ3v) is 2.72. The highest BCUT2D eigenvalue weighted by Gasteiger charge is 2.08. The van der Waals surface area contributed by atoms with Gasteiger partial charge in [-0.05, 0) is 42.8 Å². The highest BCUT2D eigenvalue weighted by molar-refractivity contribution is 5.96. The Kier molecular flexibility index (Phi) is 5.48. The molecule has 0 amide bonds. The van der Waals surface area contributed by atoms with Crippen molar-refractivity contribution in [2.75, 3.05) is 6.61 Å². The van der Waals surface area contributed by atoms with Gasteiger partial charge in [0.25, 0.3) is 0 Å². The van der Waals surface area contributed by atoms with Crippen molar-refractivity contribution < 1.29 is 14.4 Å². The zero-order chi connectivity index (χ0) is 15.8. The summed E-state index contributed by atoms with van der Waals surface area (Å²) in [6.45, 7) is 2.66. The SMILES string of the molecule is CCCOc1ccc(C(=O)O/N=C(/N)c2ccccn2)cc1. The van der Waals surface area contributed by atoms with Crippen LogP contribution in [0, 0.1) is 0 Å². The molecule has 0 aliphatic heterocycles. The van der Waals surface area contributed by atoms with Gasteiger partial charge in [-0.3, -0.25) is 4.98 Å². The van der Waals surface area contributed by atoms with Gasteiger partial charge in [0, 0.05) is 6.20 Å². The Hall–Kier alpha value is -2.89. The van der Waals surface area contributed by atoms with E-state index >= 15 is 0 Å². The zero-order valence-electron chi connectivity index (χ0n) is 12.2. The molecule has 0 saturated heterocycles. The van der Waals surface area contributed by atoms with Gasteiger partial charge in [0.2, 0.25) is 0 Å². The lowest BCUT2D eigenvalue weighted by molar-refractivity contribution is 0.0516. The van der Waals surface area contributed by atoms with Gasteiger partial charge in [0.05, 0.1) is 12.2 Å². The molecule has 6 heteroatoms. The van der Waals surface area contributed by atoms with Crippen molar-refractivity contribution in [3.63, 3.8) is 0 Å². The van der Waals surface area contributed by atoms with Crippen molar-refractivity contribution in [2.24, 2.45) is 10.9 Å². The lowest BCUT2D eigenvalue weighted by atomic mass is 10.2. The van der Waals surface area contributed by atoms with Gasteiger partial charge < -0.3 is 15.3 Å². The summed E-state index contributed by atoms with van der Waals surface area (Å²) in [6.07, 6.45) is 2.50. The van der Waals surface area contributed by atoms with E-state index < -0.39 is 5.97 Å². The van der Waals surface area contributed by atoms with Gasteiger partial charge in [0.1, 0.15) is 11.4 Å². The Balaban J connectivity index is 1.97. The molecule has 1 heterocycles. The van der Waals surface area contributed by atoms with Crippen molar-refractivity contribution in [3.8, 4) is 5.75 Å². The first-order valence-corrected chi connectivity index (χ1v) is 6.89. The molecule has 2 aromatic rings. The predicted octanol–water partition coefficient (Wildman–Crippen LogP) is 2.35. The quantitative estimate of drug-likeness (QED) is 0.383. The molecule has 1 aromatic carbocycles. The van der Waals surface area contributed by atoms with Crippen LogP contribution >= 0.6 is 0 Å². The number of benzene rings is 1. The summed E-state index contributed by atoms with van der Waals surface area (Å²) < 4.78 is 5.44. The summed E-state index contributed by atoms with van der Waals surface area (Å²) in [4.78, 5) is 20.7. The molecular formula is C16H17N3O3. The largest absolute Gasteiger partial charge is 0.494 e. The molecule has 2 N–H and O–H groups in total. The lowest BCUT2D eigenvalue weighted by Gasteiger charge is -2.05. The van der Waals surface area contributed by atoms with Crippen molar-refractivity contribution in [1.29, 1.82) is 0 Å². The van der Waals surface area contributed by atoms with E-state index in [1.165, 1.54) is 0 Å². The summed E-state index contributed by atoms with van der Waals surface area (Å²) >= 11 is 0. The fourth-order valence-electron chi connectivity index (χ4n) is 1.61. The average Bonchev–Trinajstić information content (AvgIpc) is 2.58. The van der Waals surface area contributed by atoms with E-state index in [4.69, 9.17) is 15.3 Å². The molecule has 0 aliphatic rings. The number of nitrogens with zero attached hydrogens (tertiary/aromatic N) is 2. The van der Waals surface area contributed by atoms with Crippen LogP contribution in [0.1, 0.15) is 29.4 Å². The van der Waals surface area contributed by atoms with E-state index in [1.54, 1.807) is 48.7 Å². The normalized spacial score (nSPS) is 11.0. The van der Waals surface area contributed by atoms with Gasteiger partial charge in [-0.1, -0.05) is 18.1 Å². The molecule has 2 rings (SSSR count). The van der Waals surface area contributed by atoms with Crippen LogP contribution in [0.15, 0.2) is 53.8 Å². The first-order valence-electron chi connectivity index (χ1n) is 6.89. The van der Waals surface area contributed by atoms with E-state index in [0.29, 0.717) is 23.6 Å². The van der Waals surface area contributed by atoms with E-state index in [9.17, 15) is 4.79 Å². The van der Waals surface area contributed by atoms with Gasteiger partial charge in [-0.25, -0.2) is 4.79 Å². The molecule has 6 nitrogen and oxygen atoms in total. The molecule has 0 unspecified atom stereocenters. The molecule has 0 radical (unpaired) electrons. The molecule has 0 spiro atoms. The third kappa shape index (κ3) is 4.31. The maximum absolute atomic E-state index is 11.9. The molecule has 22 heavy (non-hydrogen) atoms. The lowest BCUT2D eigenvalue weighted by Crippen LogP contribution is -2.16. The molecule has 0 aliphatic carbocycles. The van der Waals surface area contributed by atoms with E-state index in [2.05, 4.69) is 10.1 Å². The number of oxime groups is 1. The van der Waals surface area contributed by atoms with Gasteiger partial charge in [-0.2, -0.15) is 0 Å². The van der Waals surface area contributed by atoms with Crippen LogP contribution in [0.2, 0.25) is 0 Å². The van der Waals surface area contributed by atoms with Crippen molar-refractivity contribution in [2.45, 2.75) is 13.3 Å². The van der Waals surface area contributed by atoms with Crippen LogP contribution in [0.3, 0.4) is 0 Å².